The summed E-state index contributed by atoms with van der Waals surface area (Å²) >= 11 is 5.91. The number of aryl methyl sites for hydroxylation is 1. The number of carbonyl (C=O) groups excluding carboxylic acids is 1. The van der Waals surface area contributed by atoms with E-state index in [4.69, 9.17) is 11.6 Å². The maximum atomic E-state index is 13.4. The summed E-state index contributed by atoms with van der Waals surface area (Å²) in [4.78, 5) is 27.3. The number of quaternary nitrogens is 1. The van der Waals surface area contributed by atoms with E-state index in [1.54, 1.807) is 6.07 Å². The number of amides is 1. The molecule has 0 radical (unpaired) electrons. The van der Waals surface area contributed by atoms with Crippen molar-refractivity contribution in [1.82, 2.24) is 0 Å². The Balaban J connectivity index is 1.78. The molecule has 4 rings (SSSR count). The van der Waals surface area contributed by atoms with Crippen LogP contribution in [0.15, 0.2) is 36.4 Å². The van der Waals surface area contributed by atoms with Gasteiger partial charge in [-0.15, -0.1) is 0 Å². The number of hydrogen-bond acceptors (Lipinski definition) is 3. The molecule has 0 aliphatic carbocycles. The molecule has 0 spiro atoms. The number of benzene rings is 2. The Morgan fingerprint density at radius 1 is 1.30 bits per heavy atom. The van der Waals surface area contributed by atoms with E-state index in [0.717, 1.165) is 25.2 Å². The van der Waals surface area contributed by atoms with E-state index >= 15 is 0 Å². The topological polar surface area (TPSA) is 67.9 Å². The van der Waals surface area contributed by atoms with E-state index in [1.807, 2.05) is 17.0 Å². The van der Waals surface area contributed by atoms with Gasteiger partial charge in [0.1, 0.15) is 5.02 Å². The Hall–Kier alpha value is -2.44. The lowest BCUT2D eigenvalue weighted by atomic mass is 9.88. The van der Waals surface area contributed by atoms with Crippen molar-refractivity contribution in [3.8, 4) is 0 Å². The highest BCUT2D eigenvalue weighted by Crippen LogP contribution is 2.44. The minimum Gasteiger partial charge on any atom is -0.337 e. The second kappa shape index (κ2) is 6.62. The molecular weight excluding hydrogens is 366 g/mol. The second-order valence-corrected chi connectivity index (χ2v) is 7.94. The molecule has 2 aromatic rings. The number of anilines is 1. The fraction of sp³-hybridized carbons (Fsp3) is 0.350. The fourth-order valence-corrected chi connectivity index (χ4v) is 4.58. The maximum absolute atomic E-state index is 13.4. The van der Waals surface area contributed by atoms with E-state index in [1.165, 1.54) is 28.2 Å². The minimum atomic E-state index is -0.553. The van der Waals surface area contributed by atoms with Gasteiger partial charge >= 0.3 is 0 Å². The van der Waals surface area contributed by atoms with Crippen LogP contribution >= 0.6 is 11.6 Å². The molecule has 2 aliphatic rings. The summed E-state index contributed by atoms with van der Waals surface area (Å²) < 4.78 is 0. The molecule has 140 valence electrons. The van der Waals surface area contributed by atoms with Crippen LogP contribution in [-0.4, -0.2) is 37.0 Å². The predicted octanol–water partition coefficient (Wildman–Crippen LogP) is 2.59. The molecule has 2 heterocycles. The summed E-state index contributed by atoms with van der Waals surface area (Å²) in [5.41, 5.74) is 3.36. The van der Waals surface area contributed by atoms with Crippen LogP contribution in [0, 0.1) is 17.0 Å². The lowest BCUT2D eigenvalue weighted by molar-refractivity contribution is -0.886. The van der Waals surface area contributed by atoms with Crippen LogP contribution in [-0.2, 0) is 0 Å². The number of nitrogens with one attached hydrogen (secondary N) is 1. The lowest BCUT2D eigenvalue weighted by Crippen LogP contribution is -3.11. The van der Waals surface area contributed by atoms with Crippen molar-refractivity contribution < 1.29 is 14.6 Å². The first-order valence-electron chi connectivity index (χ1n) is 9.06. The van der Waals surface area contributed by atoms with E-state index in [2.05, 4.69) is 20.0 Å². The van der Waals surface area contributed by atoms with Crippen LogP contribution in [0.5, 0.6) is 0 Å². The van der Waals surface area contributed by atoms with Crippen molar-refractivity contribution in [3.05, 3.63) is 68.2 Å². The SMILES string of the molecule is Cc1ccc2c(c1)[C@@H]1C[NH+](C)CC[C@@H]1N2C(=O)c1ccc(Cl)c([N+](=O)[O-])c1. The van der Waals surface area contributed by atoms with Crippen LogP contribution in [0.2, 0.25) is 5.02 Å². The zero-order chi connectivity index (χ0) is 19.3. The van der Waals surface area contributed by atoms with Crippen molar-refractivity contribution in [2.24, 2.45) is 0 Å². The molecule has 6 nitrogen and oxygen atoms in total. The largest absolute Gasteiger partial charge is 0.337 e. The molecule has 1 fully saturated rings. The second-order valence-electron chi connectivity index (χ2n) is 7.53. The first-order chi connectivity index (χ1) is 12.9. The standard InChI is InChI=1S/C20H20ClN3O3/c1-12-3-6-17-14(9-12)15-11-22(2)8-7-18(15)23(17)20(25)13-4-5-16(21)19(10-13)24(26)27/h3-6,9-10,15,18H,7-8,11H2,1-2H3/p+1/t15-,18-/m0/s1. The van der Waals surface area contributed by atoms with Gasteiger partial charge < -0.3 is 9.80 Å². The average Bonchev–Trinajstić information content (AvgIpc) is 2.94. The molecule has 0 saturated carbocycles. The summed E-state index contributed by atoms with van der Waals surface area (Å²) in [5, 5.41) is 11.2. The molecule has 0 bridgehead atoms. The molecule has 2 aliphatic heterocycles. The van der Waals surface area contributed by atoms with Crippen molar-refractivity contribution in [2.75, 3.05) is 25.0 Å². The number of fused-ring (bicyclic) bond motifs is 3. The Morgan fingerprint density at radius 3 is 2.81 bits per heavy atom. The van der Waals surface area contributed by atoms with Crippen LogP contribution in [0.4, 0.5) is 11.4 Å². The summed E-state index contributed by atoms with van der Waals surface area (Å²) in [5.74, 6) is 0.0896. The van der Waals surface area contributed by atoms with Crippen molar-refractivity contribution in [2.45, 2.75) is 25.3 Å². The van der Waals surface area contributed by atoms with Crippen LogP contribution in [0.3, 0.4) is 0 Å². The van der Waals surface area contributed by atoms with Gasteiger partial charge in [0.25, 0.3) is 11.6 Å². The lowest BCUT2D eigenvalue weighted by Gasteiger charge is -2.34. The van der Waals surface area contributed by atoms with Gasteiger partial charge in [-0.3, -0.25) is 14.9 Å². The first kappa shape index (κ1) is 17.9. The minimum absolute atomic E-state index is 0.0368. The summed E-state index contributed by atoms with van der Waals surface area (Å²) in [6, 6.07) is 10.6. The van der Waals surface area contributed by atoms with Crippen molar-refractivity contribution >= 4 is 28.9 Å². The summed E-state index contributed by atoms with van der Waals surface area (Å²) in [6.45, 7) is 4.03. The van der Waals surface area contributed by atoms with E-state index in [-0.39, 0.29) is 22.7 Å². The van der Waals surface area contributed by atoms with Gasteiger partial charge in [-0.05, 0) is 30.7 Å². The van der Waals surface area contributed by atoms with Crippen LogP contribution in [0.25, 0.3) is 0 Å². The van der Waals surface area contributed by atoms with E-state index < -0.39 is 4.92 Å². The van der Waals surface area contributed by atoms with Gasteiger partial charge in [-0.1, -0.05) is 29.3 Å². The number of nitrogens with zero attached hydrogens (tertiary/aromatic N) is 2. The Labute approximate surface area is 162 Å². The van der Waals surface area contributed by atoms with Gasteiger partial charge in [0, 0.05) is 23.7 Å². The number of likely N-dealkylation sites (N-methyl/N-ethyl adjacent to an activating group) is 1. The molecule has 27 heavy (non-hydrogen) atoms. The predicted molar refractivity (Wildman–Crippen MR) is 104 cm³/mol. The molecule has 3 atom stereocenters. The zero-order valence-electron chi connectivity index (χ0n) is 15.2. The monoisotopic (exact) mass is 386 g/mol. The van der Waals surface area contributed by atoms with E-state index in [0.29, 0.717) is 11.5 Å². The summed E-state index contributed by atoms with van der Waals surface area (Å²) in [6.07, 6.45) is 0.908. The van der Waals surface area contributed by atoms with Gasteiger partial charge in [0.2, 0.25) is 0 Å². The summed E-state index contributed by atoms with van der Waals surface area (Å²) in [7, 11) is 2.18. The number of rotatable bonds is 2. The average molecular weight is 387 g/mol. The Morgan fingerprint density at radius 2 is 2.07 bits per heavy atom. The molecule has 1 unspecified atom stereocenters. The Kier molecular flexibility index (Phi) is 4.40. The molecule has 1 saturated heterocycles. The van der Waals surface area contributed by atoms with Gasteiger partial charge in [-0.2, -0.15) is 0 Å². The zero-order valence-corrected chi connectivity index (χ0v) is 16.0. The molecule has 0 aromatic heterocycles. The van der Waals surface area contributed by atoms with Gasteiger partial charge in [-0.25, -0.2) is 0 Å². The fourth-order valence-electron chi connectivity index (χ4n) is 4.39. The highest BCUT2D eigenvalue weighted by Gasteiger charge is 2.46. The maximum Gasteiger partial charge on any atom is 0.288 e. The molecule has 7 heteroatoms. The van der Waals surface area contributed by atoms with Crippen molar-refractivity contribution in [1.29, 1.82) is 0 Å². The van der Waals surface area contributed by atoms with Crippen LogP contribution < -0.4 is 9.80 Å². The molecule has 1 N–H and O–H groups in total. The highest BCUT2D eigenvalue weighted by molar-refractivity contribution is 6.32. The number of hydrogen-bond donors (Lipinski definition) is 1. The van der Waals surface area contributed by atoms with Crippen LogP contribution in [0.1, 0.15) is 33.8 Å². The third-order valence-electron chi connectivity index (χ3n) is 5.68. The Bertz CT molecular complexity index is 946. The number of carbonyl (C=O) groups is 1. The van der Waals surface area contributed by atoms with Gasteiger partial charge in [0.15, 0.2) is 0 Å². The molecule has 1 amide bonds. The third-order valence-corrected chi connectivity index (χ3v) is 6.00. The first-order valence-corrected chi connectivity index (χ1v) is 9.44. The number of halogens is 1. The van der Waals surface area contributed by atoms with Crippen molar-refractivity contribution in [3.63, 3.8) is 0 Å². The molecule has 2 aromatic carbocycles. The number of nitro groups is 1. The smallest absolute Gasteiger partial charge is 0.288 e. The number of nitro benzene ring substituents is 1. The molecular formula is C20H21ClN3O3+. The quantitative estimate of drug-likeness (QED) is 0.637. The highest BCUT2D eigenvalue weighted by atomic mass is 35.5. The number of likely N-dealkylation sites (tertiary alicyclic amines) is 1. The van der Waals surface area contributed by atoms with Gasteiger partial charge in [0.05, 0.1) is 37.0 Å². The normalized spacial score (nSPS) is 23.7. The third kappa shape index (κ3) is 2.99. The number of piperidine rings is 1. The van der Waals surface area contributed by atoms with E-state index in [9.17, 15) is 14.9 Å².